The SMILES string of the molecule is Cc1cc(-c2nnc(COC(=O)CCCNC(=O)OC(C)(C)C)o2)c(C)o1. The van der Waals surface area contributed by atoms with Crippen molar-refractivity contribution in [1.29, 1.82) is 0 Å². The Balaban J connectivity index is 1.69. The molecule has 0 saturated heterocycles. The molecule has 0 radical (unpaired) electrons. The zero-order valence-electron chi connectivity index (χ0n) is 16.2. The van der Waals surface area contributed by atoms with Gasteiger partial charge in [0.1, 0.15) is 17.1 Å². The van der Waals surface area contributed by atoms with E-state index < -0.39 is 17.7 Å². The summed E-state index contributed by atoms with van der Waals surface area (Å²) >= 11 is 0. The van der Waals surface area contributed by atoms with Crippen LogP contribution in [0.15, 0.2) is 14.9 Å². The molecule has 1 amide bonds. The molecule has 2 aromatic heterocycles. The van der Waals surface area contributed by atoms with E-state index in [1.165, 1.54) is 0 Å². The minimum atomic E-state index is -0.556. The first-order valence-electron chi connectivity index (χ1n) is 8.66. The second kappa shape index (κ2) is 8.70. The van der Waals surface area contributed by atoms with Crippen molar-refractivity contribution in [3.05, 3.63) is 23.5 Å². The summed E-state index contributed by atoms with van der Waals surface area (Å²) in [6.45, 7) is 9.17. The molecule has 0 atom stereocenters. The highest BCUT2D eigenvalue weighted by atomic mass is 16.6. The minimum Gasteiger partial charge on any atom is -0.466 e. The molecule has 0 aliphatic carbocycles. The summed E-state index contributed by atoms with van der Waals surface area (Å²) in [6, 6.07) is 1.80. The van der Waals surface area contributed by atoms with Gasteiger partial charge in [0, 0.05) is 13.0 Å². The smallest absolute Gasteiger partial charge is 0.407 e. The lowest BCUT2D eigenvalue weighted by Crippen LogP contribution is -2.33. The van der Waals surface area contributed by atoms with Crippen molar-refractivity contribution in [2.45, 2.75) is 59.7 Å². The van der Waals surface area contributed by atoms with E-state index in [2.05, 4.69) is 15.5 Å². The number of esters is 1. The Labute approximate surface area is 157 Å². The topological polar surface area (TPSA) is 117 Å². The summed E-state index contributed by atoms with van der Waals surface area (Å²) in [7, 11) is 0. The van der Waals surface area contributed by atoms with Gasteiger partial charge >= 0.3 is 12.1 Å². The van der Waals surface area contributed by atoms with Crippen LogP contribution < -0.4 is 5.32 Å². The van der Waals surface area contributed by atoms with E-state index in [9.17, 15) is 9.59 Å². The second-order valence-electron chi connectivity index (χ2n) is 7.02. The first kappa shape index (κ1) is 20.5. The van der Waals surface area contributed by atoms with Gasteiger partial charge in [0.2, 0.25) is 0 Å². The van der Waals surface area contributed by atoms with Crippen LogP contribution in [-0.4, -0.2) is 34.4 Å². The van der Waals surface area contributed by atoms with Crippen LogP contribution in [0.5, 0.6) is 0 Å². The Morgan fingerprint density at radius 1 is 1.19 bits per heavy atom. The van der Waals surface area contributed by atoms with Crippen LogP contribution in [0.4, 0.5) is 4.79 Å². The van der Waals surface area contributed by atoms with Gasteiger partial charge in [-0.1, -0.05) is 0 Å². The van der Waals surface area contributed by atoms with Crippen molar-refractivity contribution in [3.8, 4) is 11.5 Å². The molecule has 0 aromatic carbocycles. The van der Waals surface area contributed by atoms with Crippen LogP contribution in [0, 0.1) is 13.8 Å². The molecule has 9 heteroatoms. The monoisotopic (exact) mass is 379 g/mol. The number of aromatic nitrogens is 2. The predicted octanol–water partition coefficient (Wildman–Crippen LogP) is 3.29. The average Bonchev–Trinajstić information content (AvgIpc) is 3.14. The first-order chi connectivity index (χ1) is 12.6. The molecule has 0 fully saturated rings. The molecule has 1 N–H and O–H groups in total. The van der Waals surface area contributed by atoms with Crippen molar-refractivity contribution in [1.82, 2.24) is 15.5 Å². The third kappa shape index (κ3) is 6.76. The molecule has 0 unspecified atom stereocenters. The normalized spacial score (nSPS) is 11.3. The van der Waals surface area contributed by atoms with Gasteiger partial charge in [-0.25, -0.2) is 4.79 Å². The lowest BCUT2D eigenvalue weighted by molar-refractivity contribution is -0.145. The minimum absolute atomic E-state index is 0.110. The Morgan fingerprint density at radius 3 is 2.56 bits per heavy atom. The summed E-state index contributed by atoms with van der Waals surface area (Å²) in [5.41, 5.74) is 0.158. The molecule has 2 heterocycles. The van der Waals surface area contributed by atoms with E-state index in [1.54, 1.807) is 33.8 Å². The molecule has 2 aromatic rings. The Hall–Kier alpha value is -2.84. The van der Waals surface area contributed by atoms with Crippen LogP contribution in [0.2, 0.25) is 0 Å². The van der Waals surface area contributed by atoms with Gasteiger partial charge in [0.05, 0.1) is 5.56 Å². The zero-order chi connectivity index (χ0) is 20.0. The fraction of sp³-hybridized carbons (Fsp3) is 0.556. The Morgan fingerprint density at radius 2 is 1.93 bits per heavy atom. The largest absolute Gasteiger partial charge is 0.466 e. The van der Waals surface area contributed by atoms with Gasteiger partial charge in [-0.3, -0.25) is 4.79 Å². The third-order valence-electron chi connectivity index (χ3n) is 3.32. The maximum Gasteiger partial charge on any atom is 0.407 e. The summed E-state index contributed by atoms with van der Waals surface area (Å²) in [5, 5.41) is 10.4. The van der Waals surface area contributed by atoms with Crippen molar-refractivity contribution in [2.24, 2.45) is 0 Å². The molecular formula is C18H25N3O6. The number of amides is 1. The maximum absolute atomic E-state index is 11.8. The summed E-state index contributed by atoms with van der Waals surface area (Å²) in [5.74, 6) is 1.52. The van der Waals surface area contributed by atoms with Gasteiger partial charge in [0.15, 0.2) is 6.61 Å². The van der Waals surface area contributed by atoms with Crippen LogP contribution in [0.25, 0.3) is 11.5 Å². The van der Waals surface area contributed by atoms with Gasteiger partial charge in [-0.05, 0) is 47.1 Å². The number of carbonyl (C=O) groups excluding carboxylic acids is 2. The van der Waals surface area contributed by atoms with E-state index in [1.807, 2.05) is 6.92 Å². The standard InChI is InChI=1S/C18H25N3O6/c1-11-9-13(12(2)25-11)16-21-20-14(26-16)10-24-15(22)7-6-8-19-17(23)27-18(3,4)5/h9H,6-8,10H2,1-5H3,(H,19,23). The summed E-state index contributed by atoms with van der Waals surface area (Å²) in [6.07, 6.45) is 0.0660. The first-order valence-corrected chi connectivity index (χ1v) is 8.66. The van der Waals surface area contributed by atoms with Crippen LogP contribution >= 0.6 is 0 Å². The predicted molar refractivity (Wildman–Crippen MR) is 94.7 cm³/mol. The van der Waals surface area contributed by atoms with Gasteiger partial charge in [-0.2, -0.15) is 0 Å². The van der Waals surface area contributed by atoms with Gasteiger partial charge in [0.25, 0.3) is 11.8 Å². The molecule has 0 saturated carbocycles. The molecule has 0 spiro atoms. The number of carbonyl (C=O) groups is 2. The third-order valence-corrected chi connectivity index (χ3v) is 3.32. The Bertz CT molecular complexity index is 787. The van der Waals surface area contributed by atoms with Crippen LogP contribution in [-0.2, 0) is 20.9 Å². The lowest BCUT2D eigenvalue weighted by atomic mass is 10.2. The quantitative estimate of drug-likeness (QED) is 0.575. The van der Waals surface area contributed by atoms with Crippen molar-refractivity contribution in [3.63, 3.8) is 0 Å². The number of nitrogens with zero attached hydrogens (tertiary/aromatic N) is 2. The molecule has 148 valence electrons. The summed E-state index contributed by atoms with van der Waals surface area (Å²) < 4.78 is 21.1. The molecule has 9 nitrogen and oxygen atoms in total. The van der Waals surface area contributed by atoms with E-state index in [-0.39, 0.29) is 18.9 Å². The number of alkyl carbamates (subject to hydrolysis) is 1. The number of furan rings is 1. The van der Waals surface area contributed by atoms with Crippen molar-refractivity contribution >= 4 is 12.1 Å². The maximum atomic E-state index is 11.8. The molecule has 0 aliphatic rings. The number of hydrogen-bond donors (Lipinski definition) is 1. The van der Waals surface area contributed by atoms with Crippen molar-refractivity contribution in [2.75, 3.05) is 6.54 Å². The highest BCUT2D eigenvalue weighted by Gasteiger charge is 2.17. The van der Waals surface area contributed by atoms with E-state index in [4.69, 9.17) is 18.3 Å². The summed E-state index contributed by atoms with van der Waals surface area (Å²) in [4.78, 5) is 23.2. The number of ether oxygens (including phenoxy) is 2. The Kier molecular flexibility index (Phi) is 6.59. The number of rotatable bonds is 7. The van der Waals surface area contributed by atoms with Gasteiger partial charge in [-0.15, -0.1) is 10.2 Å². The number of hydrogen-bond acceptors (Lipinski definition) is 8. The molecule has 0 aliphatic heterocycles. The highest BCUT2D eigenvalue weighted by molar-refractivity contribution is 5.70. The number of nitrogens with one attached hydrogen (secondary N) is 1. The van der Waals surface area contributed by atoms with Crippen LogP contribution in [0.3, 0.4) is 0 Å². The average molecular weight is 379 g/mol. The fourth-order valence-corrected chi connectivity index (χ4v) is 2.22. The van der Waals surface area contributed by atoms with Gasteiger partial charge < -0.3 is 23.6 Å². The molecule has 2 rings (SSSR count). The fourth-order valence-electron chi connectivity index (χ4n) is 2.22. The molecular weight excluding hydrogens is 354 g/mol. The van der Waals surface area contributed by atoms with E-state index in [0.29, 0.717) is 30.2 Å². The lowest BCUT2D eigenvalue weighted by Gasteiger charge is -2.19. The van der Waals surface area contributed by atoms with Crippen LogP contribution in [0.1, 0.15) is 51.0 Å². The number of aryl methyl sites for hydroxylation is 2. The van der Waals surface area contributed by atoms with E-state index >= 15 is 0 Å². The van der Waals surface area contributed by atoms with E-state index in [0.717, 1.165) is 5.76 Å². The molecule has 27 heavy (non-hydrogen) atoms. The van der Waals surface area contributed by atoms with Crippen molar-refractivity contribution < 1.29 is 27.9 Å². The second-order valence-corrected chi connectivity index (χ2v) is 7.02. The zero-order valence-corrected chi connectivity index (χ0v) is 16.2. The highest BCUT2D eigenvalue weighted by Crippen LogP contribution is 2.25. The molecule has 0 bridgehead atoms.